The van der Waals surface area contributed by atoms with Gasteiger partial charge in [0.25, 0.3) is 5.69 Å². The molecule has 1 atom stereocenters. The van der Waals surface area contributed by atoms with E-state index in [0.29, 0.717) is 6.07 Å². The van der Waals surface area contributed by atoms with Gasteiger partial charge in [0.05, 0.1) is 16.4 Å². The highest BCUT2D eigenvalue weighted by molar-refractivity contribution is 7.89. The van der Waals surface area contributed by atoms with Crippen LogP contribution in [-0.2, 0) is 15.6 Å². The topological polar surface area (TPSA) is 110 Å². The van der Waals surface area contributed by atoms with Gasteiger partial charge in [0, 0.05) is 12.1 Å². The van der Waals surface area contributed by atoms with Crippen molar-refractivity contribution in [2.45, 2.75) is 16.7 Å². The molecule has 0 spiro atoms. The van der Waals surface area contributed by atoms with E-state index in [1.807, 2.05) is 0 Å². The minimum atomic E-state index is -5.17. The molecule has 26 heavy (non-hydrogen) atoms. The van der Waals surface area contributed by atoms with E-state index in [2.05, 4.69) is 0 Å². The first-order chi connectivity index (χ1) is 12.0. The molecule has 140 valence electrons. The molecule has 2 aromatic rings. The molecule has 0 saturated heterocycles. The standard InChI is InChI=1S/C15H13F3N2O5S/c16-15(17,18)14(21,11-5-2-1-3-6-11)10-19-26(24,25)13-8-4-7-12(9-13)20(22)23/h1-9,19,21H,10H2. The van der Waals surface area contributed by atoms with E-state index in [4.69, 9.17) is 0 Å². The Labute approximate surface area is 146 Å². The van der Waals surface area contributed by atoms with Crippen molar-refractivity contribution < 1.29 is 31.6 Å². The summed E-state index contributed by atoms with van der Waals surface area (Å²) in [5.41, 5.74) is -4.56. The first-order valence-electron chi connectivity index (χ1n) is 7.06. The van der Waals surface area contributed by atoms with Crippen LogP contribution < -0.4 is 4.72 Å². The molecule has 2 rings (SSSR count). The van der Waals surface area contributed by atoms with E-state index in [1.54, 1.807) is 4.72 Å². The zero-order valence-electron chi connectivity index (χ0n) is 13.0. The summed E-state index contributed by atoms with van der Waals surface area (Å²) in [6, 6.07) is 9.80. The van der Waals surface area contributed by atoms with E-state index in [0.717, 1.165) is 30.3 Å². The summed E-state index contributed by atoms with van der Waals surface area (Å²) in [6.07, 6.45) is -5.17. The minimum absolute atomic E-state index is 0.540. The van der Waals surface area contributed by atoms with Crippen LogP contribution in [0.15, 0.2) is 59.5 Å². The van der Waals surface area contributed by atoms with E-state index in [9.17, 15) is 36.8 Å². The number of hydrogen-bond acceptors (Lipinski definition) is 5. The van der Waals surface area contributed by atoms with E-state index < -0.39 is 49.4 Å². The molecule has 0 saturated carbocycles. The number of rotatable bonds is 6. The Morgan fingerprint density at radius 2 is 1.69 bits per heavy atom. The molecule has 0 aliphatic rings. The Balaban J connectivity index is 2.34. The van der Waals surface area contributed by atoms with Gasteiger partial charge >= 0.3 is 6.18 Å². The molecule has 0 heterocycles. The number of nitro groups is 1. The van der Waals surface area contributed by atoms with Crippen LogP contribution >= 0.6 is 0 Å². The lowest BCUT2D eigenvalue weighted by Gasteiger charge is -2.31. The fourth-order valence-electron chi connectivity index (χ4n) is 2.13. The Hall–Kier alpha value is -2.50. The van der Waals surface area contributed by atoms with Crippen LogP contribution in [-0.4, -0.2) is 31.2 Å². The quantitative estimate of drug-likeness (QED) is 0.581. The van der Waals surface area contributed by atoms with Crippen molar-refractivity contribution in [3.8, 4) is 0 Å². The fraction of sp³-hybridized carbons (Fsp3) is 0.200. The molecule has 11 heteroatoms. The lowest BCUT2D eigenvalue weighted by Crippen LogP contribution is -2.51. The van der Waals surface area contributed by atoms with Gasteiger partial charge in [0.15, 0.2) is 5.60 Å². The summed E-state index contributed by atoms with van der Waals surface area (Å²) in [5, 5.41) is 20.8. The summed E-state index contributed by atoms with van der Waals surface area (Å²) < 4.78 is 66.2. The van der Waals surface area contributed by atoms with Crippen LogP contribution in [0.4, 0.5) is 18.9 Å². The SMILES string of the molecule is O=[N+]([O-])c1cccc(S(=O)(=O)NCC(O)(c2ccccc2)C(F)(F)F)c1. The van der Waals surface area contributed by atoms with Crippen LogP contribution in [0.3, 0.4) is 0 Å². The van der Waals surface area contributed by atoms with Gasteiger partial charge in [-0.15, -0.1) is 0 Å². The number of nitrogens with one attached hydrogen (secondary N) is 1. The summed E-state index contributed by atoms with van der Waals surface area (Å²) in [5.74, 6) is 0. The highest BCUT2D eigenvalue weighted by Gasteiger charge is 2.55. The lowest BCUT2D eigenvalue weighted by molar-refractivity contribution is -0.385. The Morgan fingerprint density at radius 3 is 2.23 bits per heavy atom. The molecule has 0 radical (unpaired) electrons. The monoisotopic (exact) mass is 390 g/mol. The largest absolute Gasteiger partial charge is 0.422 e. The van der Waals surface area contributed by atoms with E-state index in [-0.39, 0.29) is 0 Å². The third-order valence-electron chi connectivity index (χ3n) is 3.58. The normalized spacial score (nSPS) is 14.6. The molecular weight excluding hydrogens is 377 g/mol. The molecular formula is C15H13F3N2O5S. The van der Waals surface area contributed by atoms with Gasteiger partial charge in [-0.2, -0.15) is 13.2 Å². The first-order valence-corrected chi connectivity index (χ1v) is 8.54. The van der Waals surface area contributed by atoms with Crippen LogP contribution in [0, 0.1) is 10.1 Å². The number of nitrogens with zero attached hydrogens (tertiary/aromatic N) is 1. The zero-order valence-corrected chi connectivity index (χ0v) is 13.8. The predicted molar refractivity (Wildman–Crippen MR) is 84.7 cm³/mol. The number of sulfonamides is 1. The van der Waals surface area contributed by atoms with Crippen molar-refractivity contribution in [2.75, 3.05) is 6.54 Å². The average Bonchev–Trinajstić information content (AvgIpc) is 2.59. The average molecular weight is 390 g/mol. The number of aliphatic hydroxyl groups is 1. The van der Waals surface area contributed by atoms with Crippen LogP contribution in [0.25, 0.3) is 0 Å². The number of nitro benzene ring substituents is 1. The highest BCUT2D eigenvalue weighted by Crippen LogP contribution is 2.38. The molecule has 0 fully saturated rings. The van der Waals surface area contributed by atoms with Crippen molar-refractivity contribution >= 4 is 15.7 Å². The molecule has 2 N–H and O–H groups in total. The second-order valence-electron chi connectivity index (χ2n) is 5.30. The Morgan fingerprint density at radius 1 is 1.08 bits per heavy atom. The smallest absolute Gasteiger partial charge is 0.375 e. The van der Waals surface area contributed by atoms with Gasteiger partial charge in [-0.05, 0) is 11.6 Å². The maximum atomic E-state index is 13.4. The lowest BCUT2D eigenvalue weighted by atomic mass is 9.93. The molecule has 0 bridgehead atoms. The third-order valence-corrected chi connectivity index (χ3v) is 4.98. The summed E-state index contributed by atoms with van der Waals surface area (Å²) in [7, 11) is -4.53. The molecule has 0 aliphatic heterocycles. The molecule has 1 unspecified atom stereocenters. The Bertz CT molecular complexity index is 903. The van der Waals surface area contributed by atoms with Gasteiger partial charge in [-0.3, -0.25) is 10.1 Å². The molecule has 0 amide bonds. The van der Waals surface area contributed by atoms with Crippen molar-refractivity contribution in [2.24, 2.45) is 0 Å². The van der Waals surface area contributed by atoms with Crippen molar-refractivity contribution in [1.82, 2.24) is 4.72 Å². The number of non-ortho nitro benzene ring substituents is 1. The number of alkyl halides is 3. The van der Waals surface area contributed by atoms with Gasteiger partial charge in [0.2, 0.25) is 10.0 Å². The van der Waals surface area contributed by atoms with Gasteiger partial charge in [-0.25, -0.2) is 13.1 Å². The van der Waals surface area contributed by atoms with E-state index in [1.165, 1.54) is 18.2 Å². The minimum Gasteiger partial charge on any atom is -0.375 e. The van der Waals surface area contributed by atoms with E-state index >= 15 is 0 Å². The van der Waals surface area contributed by atoms with Crippen molar-refractivity contribution in [3.63, 3.8) is 0 Å². The first kappa shape index (κ1) is 19.8. The summed E-state index contributed by atoms with van der Waals surface area (Å²) in [4.78, 5) is 9.28. The van der Waals surface area contributed by atoms with Gasteiger partial charge < -0.3 is 5.11 Å². The third kappa shape index (κ3) is 4.00. The van der Waals surface area contributed by atoms with Crippen LogP contribution in [0.2, 0.25) is 0 Å². The summed E-state index contributed by atoms with van der Waals surface area (Å²) >= 11 is 0. The second-order valence-corrected chi connectivity index (χ2v) is 7.07. The maximum absolute atomic E-state index is 13.4. The molecule has 2 aromatic carbocycles. The molecule has 0 aromatic heterocycles. The summed E-state index contributed by atoms with van der Waals surface area (Å²) in [6.45, 7) is -1.40. The molecule has 7 nitrogen and oxygen atoms in total. The van der Waals surface area contributed by atoms with Crippen LogP contribution in [0.5, 0.6) is 0 Å². The van der Waals surface area contributed by atoms with Crippen LogP contribution in [0.1, 0.15) is 5.56 Å². The van der Waals surface area contributed by atoms with Gasteiger partial charge in [0.1, 0.15) is 0 Å². The fourth-order valence-corrected chi connectivity index (χ4v) is 3.23. The number of hydrogen-bond donors (Lipinski definition) is 2. The number of halogens is 3. The predicted octanol–water partition coefficient (Wildman–Crippen LogP) is 2.32. The van der Waals surface area contributed by atoms with Gasteiger partial charge in [-0.1, -0.05) is 36.4 Å². The Kier molecular flexibility index (Phi) is 5.35. The zero-order chi connectivity index (χ0) is 19.6. The molecule has 0 aliphatic carbocycles. The highest BCUT2D eigenvalue weighted by atomic mass is 32.2. The number of benzene rings is 2. The second kappa shape index (κ2) is 7.02. The maximum Gasteiger partial charge on any atom is 0.422 e. The van der Waals surface area contributed by atoms with Crippen molar-refractivity contribution in [3.05, 3.63) is 70.3 Å². The van der Waals surface area contributed by atoms with Crippen molar-refractivity contribution in [1.29, 1.82) is 0 Å².